The number of hydrogen-bond acceptors (Lipinski definition) is 2. The molecule has 0 aromatic rings. The Labute approximate surface area is 103 Å². The van der Waals surface area contributed by atoms with E-state index in [4.69, 9.17) is 4.74 Å². The molecule has 2 fully saturated rings. The highest BCUT2D eigenvalue weighted by Crippen LogP contribution is 2.55. The predicted octanol–water partition coefficient (Wildman–Crippen LogP) is 3.61. The van der Waals surface area contributed by atoms with E-state index >= 15 is 0 Å². The van der Waals surface area contributed by atoms with Crippen LogP contribution in [0.1, 0.15) is 59.3 Å². The molecule has 1 saturated heterocycles. The molecule has 94 valence electrons. The average Bonchev–Trinajstić information content (AvgIpc) is 2.52. The Balaban J connectivity index is 2.07. The largest absolute Gasteiger partial charge is 0.455 e. The van der Waals surface area contributed by atoms with Gasteiger partial charge in [0, 0.05) is 0 Å². The van der Waals surface area contributed by atoms with Gasteiger partial charge in [-0.2, -0.15) is 0 Å². The molecule has 3 aliphatic rings. The zero-order chi connectivity index (χ0) is 12.3. The second-order valence-electron chi connectivity index (χ2n) is 6.82. The first-order chi connectivity index (χ1) is 7.92. The van der Waals surface area contributed by atoms with Gasteiger partial charge < -0.3 is 4.74 Å². The van der Waals surface area contributed by atoms with E-state index in [1.54, 1.807) is 5.57 Å². The van der Waals surface area contributed by atoms with Crippen LogP contribution >= 0.6 is 0 Å². The van der Waals surface area contributed by atoms with Gasteiger partial charge in [0.15, 0.2) is 0 Å². The first-order valence-electron chi connectivity index (χ1n) is 6.87. The van der Waals surface area contributed by atoms with E-state index in [1.807, 2.05) is 0 Å². The number of esters is 1. The molecule has 2 unspecified atom stereocenters. The summed E-state index contributed by atoms with van der Waals surface area (Å²) in [5.74, 6) is 0.674. The van der Waals surface area contributed by atoms with Crippen molar-refractivity contribution in [3.05, 3.63) is 11.1 Å². The van der Waals surface area contributed by atoms with Crippen LogP contribution < -0.4 is 0 Å². The molecule has 0 aromatic carbocycles. The van der Waals surface area contributed by atoms with Crippen molar-refractivity contribution in [3.63, 3.8) is 0 Å². The highest BCUT2D eigenvalue weighted by Gasteiger charge is 2.50. The third-order valence-corrected chi connectivity index (χ3v) is 5.23. The Morgan fingerprint density at radius 2 is 2.00 bits per heavy atom. The SMILES string of the molecule is CC12CCC3C(=C1CC(=O)O2)CCCC3(C)C. The maximum atomic E-state index is 11.6. The van der Waals surface area contributed by atoms with E-state index < -0.39 is 0 Å². The van der Waals surface area contributed by atoms with Crippen molar-refractivity contribution in [2.45, 2.75) is 64.9 Å². The molecule has 2 atom stereocenters. The summed E-state index contributed by atoms with van der Waals surface area (Å²) in [5, 5.41) is 0. The van der Waals surface area contributed by atoms with Gasteiger partial charge in [0.2, 0.25) is 0 Å². The van der Waals surface area contributed by atoms with Crippen LogP contribution in [0.15, 0.2) is 11.1 Å². The van der Waals surface area contributed by atoms with Crippen LogP contribution in [-0.4, -0.2) is 11.6 Å². The lowest BCUT2D eigenvalue weighted by Gasteiger charge is -2.46. The molecule has 3 rings (SSSR count). The predicted molar refractivity (Wildman–Crippen MR) is 66.5 cm³/mol. The van der Waals surface area contributed by atoms with E-state index in [1.165, 1.54) is 31.3 Å². The zero-order valence-electron chi connectivity index (χ0n) is 11.1. The summed E-state index contributed by atoms with van der Waals surface area (Å²) >= 11 is 0. The summed E-state index contributed by atoms with van der Waals surface area (Å²) in [6.45, 7) is 6.88. The minimum Gasteiger partial charge on any atom is -0.455 e. The first-order valence-corrected chi connectivity index (χ1v) is 6.87. The maximum absolute atomic E-state index is 11.6. The highest BCUT2D eigenvalue weighted by molar-refractivity contribution is 5.78. The standard InChI is InChI=1S/C15H22O2/c1-14(2)7-4-5-10-11(14)6-8-15(3)12(10)9-13(16)17-15/h11H,4-9H2,1-3H3. The van der Waals surface area contributed by atoms with Gasteiger partial charge in [-0.05, 0) is 55.9 Å². The number of fused-ring (bicyclic) bond motifs is 2. The number of rotatable bonds is 0. The minimum atomic E-state index is -0.254. The minimum absolute atomic E-state index is 0.0148. The van der Waals surface area contributed by atoms with Crippen LogP contribution in [0.4, 0.5) is 0 Å². The second-order valence-corrected chi connectivity index (χ2v) is 6.82. The monoisotopic (exact) mass is 234 g/mol. The number of ether oxygens (including phenoxy) is 1. The average molecular weight is 234 g/mol. The lowest BCUT2D eigenvalue weighted by Crippen LogP contribution is -2.39. The number of carbonyl (C=O) groups excluding carboxylic acids is 1. The van der Waals surface area contributed by atoms with Crippen molar-refractivity contribution in [2.75, 3.05) is 0 Å². The number of allylic oxidation sites excluding steroid dienone is 1. The summed E-state index contributed by atoms with van der Waals surface area (Å²) < 4.78 is 5.57. The quantitative estimate of drug-likeness (QED) is 0.473. The molecule has 0 amide bonds. The van der Waals surface area contributed by atoms with Crippen molar-refractivity contribution in [3.8, 4) is 0 Å². The van der Waals surface area contributed by atoms with Gasteiger partial charge in [-0.25, -0.2) is 0 Å². The Morgan fingerprint density at radius 1 is 1.24 bits per heavy atom. The molecule has 0 N–H and O–H groups in total. The Morgan fingerprint density at radius 3 is 2.76 bits per heavy atom. The molecule has 2 heteroatoms. The zero-order valence-corrected chi connectivity index (χ0v) is 11.1. The Kier molecular flexibility index (Phi) is 2.24. The fraction of sp³-hybridized carbons (Fsp3) is 0.800. The van der Waals surface area contributed by atoms with Gasteiger partial charge >= 0.3 is 5.97 Å². The van der Waals surface area contributed by atoms with Crippen LogP contribution in [0.3, 0.4) is 0 Å². The Hall–Kier alpha value is -0.790. The molecule has 2 aliphatic carbocycles. The van der Waals surface area contributed by atoms with E-state index in [2.05, 4.69) is 20.8 Å². The van der Waals surface area contributed by atoms with Gasteiger partial charge in [0.25, 0.3) is 0 Å². The van der Waals surface area contributed by atoms with Crippen LogP contribution in [0.2, 0.25) is 0 Å². The van der Waals surface area contributed by atoms with Crippen molar-refractivity contribution in [2.24, 2.45) is 11.3 Å². The summed E-state index contributed by atoms with van der Waals surface area (Å²) in [7, 11) is 0. The molecule has 2 nitrogen and oxygen atoms in total. The molecule has 0 bridgehead atoms. The lowest BCUT2D eigenvalue weighted by atomic mass is 9.59. The first kappa shape index (κ1) is 11.3. The van der Waals surface area contributed by atoms with E-state index in [0.29, 0.717) is 17.8 Å². The molecule has 0 radical (unpaired) electrons. The van der Waals surface area contributed by atoms with Crippen LogP contribution in [0, 0.1) is 11.3 Å². The van der Waals surface area contributed by atoms with Gasteiger partial charge in [-0.15, -0.1) is 0 Å². The molecule has 1 heterocycles. The molecule has 1 saturated carbocycles. The maximum Gasteiger partial charge on any atom is 0.310 e. The van der Waals surface area contributed by atoms with Gasteiger partial charge in [0.05, 0.1) is 6.42 Å². The van der Waals surface area contributed by atoms with Crippen LogP contribution in [0.5, 0.6) is 0 Å². The normalized spacial score (nSPS) is 39.7. The van der Waals surface area contributed by atoms with E-state index in [0.717, 1.165) is 6.42 Å². The number of carbonyl (C=O) groups is 1. The molecular formula is C15H22O2. The molecule has 0 aromatic heterocycles. The van der Waals surface area contributed by atoms with Gasteiger partial charge in [-0.3, -0.25) is 4.79 Å². The topological polar surface area (TPSA) is 26.3 Å². The summed E-state index contributed by atoms with van der Waals surface area (Å²) in [6.07, 6.45) is 6.54. The Bertz CT molecular complexity index is 405. The van der Waals surface area contributed by atoms with Gasteiger partial charge in [0.1, 0.15) is 5.60 Å². The third kappa shape index (κ3) is 1.56. The van der Waals surface area contributed by atoms with E-state index in [9.17, 15) is 4.79 Å². The van der Waals surface area contributed by atoms with Gasteiger partial charge in [-0.1, -0.05) is 19.4 Å². The smallest absolute Gasteiger partial charge is 0.310 e. The highest BCUT2D eigenvalue weighted by atomic mass is 16.6. The molecule has 1 aliphatic heterocycles. The number of hydrogen-bond donors (Lipinski definition) is 0. The third-order valence-electron chi connectivity index (χ3n) is 5.23. The molecular weight excluding hydrogens is 212 g/mol. The van der Waals surface area contributed by atoms with Crippen LogP contribution in [-0.2, 0) is 9.53 Å². The lowest BCUT2D eigenvalue weighted by molar-refractivity contribution is -0.147. The van der Waals surface area contributed by atoms with Crippen molar-refractivity contribution in [1.82, 2.24) is 0 Å². The molecule has 0 spiro atoms. The van der Waals surface area contributed by atoms with Crippen LogP contribution in [0.25, 0.3) is 0 Å². The fourth-order valence-corrected chi connectivity index (χ4v) is 4.24. The fourth-order valence-electron chi connectivity index (χ4n) is 4.24. The summed E-state index contributed by atoms with van der Waals surface area (Å²) in [5.41, 5.74) is 3.07. The summed E-state index contributed by atoms with van der Waals surface area (Å²) in [6, 6.07) is 0. The second kappa shape index (κ2) is 3.37. The molecule has 17 heavy (non-hydrogen) atoms. The van der Waals surface area contributed by atoms with Crippen molar-refractivity contribution in [1.29, 1.82) is 0 Å². The summed E-state index contributed by atoms with van der Waals surface area (Å²) in [4.78, 5) is 11.6. The van der Waals surface area contributed by atoms with Crippen molar-refractivity contribution >= 4 is 5.97 Å². The van der Waals surface area contributed by atoms with E-state index in [-0.39, 0.29) is 11.6 Å². The van der Waals surface area contributed by atoms with Crippen molar-refractivity contribution < 1.29 is 9.53 Å².